The molecule has 1 saturated carbocycles. The third-order valence-corrected chi connectivity index (χ3v) is 3.98. The first-order chi connectivity index (χ1) is 8.03. The molecule has 17 heavy (non-hydrogen) atoms. The maximum Gasteiger partial charge on any atom is 0.188 e. The molecule has 1 heterocycles. The molecule has 1 aliphatic rings. The predicted octanol–water partition coefficient (Wildman–Crippen LogP) is 1.82. The standard InChI is InChI=1S/C12H16N4S/c1-8-5-9(2)16-11(15-8)17-7-12(14,6-13)10-3-4-10/h5,10H,3-4,7,14H2,1-2H3. The van der Waals surface area contributed by atoms with Crippen molar-refractivity contribution in [3.05, 3.63) is 17.5 Å². The Kier molecular flexibility index (Phi) is 3.36. The van der Waals surface area contributed by atoms with Gasteiger partial charge in [-0.1, -0.05) is 11.8 Å². The van der Waals surface area contributed by atoms with Crippen LogP contribution in [0.3, 0.4) is 0 Å². The Balaban J connectivity index is 2.04. The number of aryl methyl sites for hydroxylation is 2. The van der Waals surface area contributed by atoms with Gasteiger partial charge in [-0.15, -0.1) is 0 Å². The lowest BCUT2D eigenvalue weighted by Crippen LogP contribution is -2.43. The van der Waals surface area contributed by atoms with Crippen LogP contribution in [-0.2, 0) is 0 Å². The second-order valence-corrected chi connectivity index (χ2v) is 5.59. The van der Waals surface area contributed by atoms with Crippen LogP contribution in [0.25, 0.3) is 0 Å². The van der Waals surface area contributed by atoms with Crippen molar-refractivity contribution in [1.82, 2.24) is 9.97 Å². The molecule has 0 aliphatic heterocycles. The van der Waals surface area contributed by atoms with E-state index in [-0.39, 0.29) is 0 Å². The fourth-order valence-electron chi connectivity index (χ4n) is 1.78. The quantitative estimate of drug-likeness (QED) is 0.649. The summed E-state index contributed by atoms with van der Waals surface area (Å²) in [5.74, 6) is 0.919. The minimum atomic E-state index is -0.717. The van der Waals surface area contributed by atoms with Crippen LogP contribution < -0.4 is 5.73 Å². The SMILES string of the molecule is Cc1cc(C)nc(SCC(N)(C#N)C2CC2)n1. The lowest BCUT2D eigenvalue weighted by Gasteiger charge is -2.19. The Morgan fingerprint density at radius 2 is 2.06 bits per heavy atom. The van der Waals surface area contributed by atoms with Gasteiger partial charge in [-0.2, -0.15) is 5.26 Å². The molecule has 1 fully saturated rings. The van der Waals surface area contributed by atoms with Crippen LogP contribution in [0.2, 0.25) is 0 Å². The van der Waals surface area contributed by atoms with Crippen LogP contribution in [-0.4, -0.2) is 21.3 Å². The lowest BCUT2D eigenvalue weighted by molar-refractivity contribution is 0.532. The molecular weight excluding hydrogens is 232 g/mol. The molecule has 0 bridgehead atoms. The Hall–Kier alpha value is -1.12. The molecule has 1 aromatic heterocycles. The summed E-state index contributed by atoms with van der Waals surface area (Å²) in [5, 5.41) is 9.87. The molecule has 1 aromatic rings. The van der Waals surface area contributed by atoms with Gasteiger partial charge in [-0.25, -0.2) is 9.97 Å². The van der Waals surface area contributed by atoms with Crippen molar-refractivity contribution in [3.8, 4) is 6.07 Å². The van der Waals surface area contributed by atoms with Gasteiger partial charge >= 0.3 is 0 Å². The zero-order chi connectivity index (χ0) is 12.5. The van der Waals surface area contributed by atoms with Crippen molar-refractivity contribution in [3.63, 3.8) is 0 Å². The van der Waals surface area contributed by atoms with Gasteiger partial charge in [0.1, 0.15) is 5.54 Å². The zero-order valence-corrected chi connectivity index (χ0v) is 10.9. The maximum atomic E-state index is 9.15. The van der Waals surface area contributed by atoms with Crippen molar-refractivity contribution in [2.45, 2.75) is 37.4 Å². The summed E-state index contributed by atoms with van der Waals surface area (Å²) in [7, 11) is 0. The Bertz CT molecular complexity index is 444. The van der Waals surface area contributed by atoms with Crippen molar-refractivity contribution in [2.24, 2.45) is 11.7 Å². The van der Waals surface area contributed by atoms with E-state index < -0.39 is 5.54 Å². The molecule has 1 unspecified atom stereocenters. The summed E-state index contributed by atoms with van der Waals surface area (Å²) in [6, 6.07) is 4.18. The van der Waals surface area contributed by atoms with Crippen molar-refractivity contribution < 1.29 is 0 Å². The first-order valence-electron chi connectivity index (χ1n) is 5.69. The highest BCUT2D eigenvalue weighted by molar-refractivity contribution is 7.99. The van der Waals surface area contributed by atoms with Crippen molar-refractivity contribution in [1.29, 1.82) is 5.26 Å². The third-order valence-electron chi connectivity index (χ3n) is 2.92. The lowest BCUT2D eigenvalue weighted by atomic mass is 10.00. The molecule has 4 nitrogen and oxygen atoms in total. The summed E-state index contributed by atoms with van der Waals surface area (Å²) < 4.78 is 0. The molecular formula is C12H16N4S. The summed E-state index contributed by atoms with van der Waals surface area (Å²) >= 11 is 1.48. The van der Waals surface area contributed by atoms with E-state index >= 15 is 0 Å². The summed E-state index contributed by atoms with van der Waals surface area (Å²) in [6.07, 6.45) is 2.14. The van der Waals surface area contributed by atoms with Crippen LogP contribution in [0, 0.1) is 31.1 Å². The highest BCUT2D eigenvalue weighted by Gasteiger charge is 2.42. The summed E-state index contributed by atoms with van der Waals surface area (Å²) in [5.41, 5.74) is 7.27. The number of hydrogen-bond acceptors (Lipinski definition) is 5. The number of rotatable bonds is 4. The Morgan fingerprint density at radius 1 is 1.47 bits per heavy atom. The van der Waals surface area contributed by atoms with E-state index in [0.29, 0.717) is 16.8 Å². The maximum absolute atomic E-state index is 9.15. The fourth-order valence-corrected chi connectivity index (χ4v) is 2.87. The van der Waals surface area contributed by atoms with Crippen LogP contribution in [0.4, 0.5) is 0 Å². The first-order valence-corrected chi connectivity index (χ1v) is 6.67. The number of hydrogen-bond donors (Lipinski definition) is 1. The van der Waals surface area contributed by atoms with Crippen LogP contribution in [0.15, 0.2) is 11.2 Å². The molecule has 90 valence electrons. The van der Waals surface area contributed by atoms with E-state index in [4.69, 9.17) is 11.0 Å². The molecule has 2 N–H and O–H groups in total. The van der Waals surface area contributed by atoms with Gasteiger partial charge in [0.15, 0.2) is 5.16 Å². The summed E-state index contributed by atoms with van der Waals surface area (Å²) in [4.78, 5) is 8.68. The number of nitriles is 1. The second-order valence-electron chi connectivity index (χ2n) is 4.65. The van der Waals surface area contributed by atoms with Crippen LogP contribution in [0.5, 0.6) is 0 Å². The van der Waals surface area contributed by atoms with E-state index in [0.717, 1.165) is 24.2 Å². The molecule has 0 saturated heterocycles. The van der Waals surface area contributed by atoms with Crippen molar-refractivity contribution in [2.75, 3.05) is 5.75 Å². The van der Waals surface area contributed by atoms with E-state index in [2.05, 4.69) is 16.0 Å². The van der Waals surface area contributed by atoms with E-state index in [1.807, 2.05) is 19.9 Å². The number of nitrogens with two attached hydrogens (primary N) is 1. The molecule has 1 aliphatic carbocycles. The topological polar surface area (TPSA) is 75.6 Å². The van der Waals surface area contributed by atoms with Gasteiger partial charge in [0.25, 0.3) is 0 Å². The van der Waals surface area contributed by atoms with Gasteiger partial charge in [0.2, 0.25) is 0 Å². The minimum absolute atomic E-state index is 0.353. The highest BCUT2D eigenvalue weighted by Crippen LogP contribution is 2.40. The van der Waals surface area contributed by atoms with Gasteiger partial charge in [-0.3, -0.25) is 0 Å². The van der Waals surface area contributed by atoms with Crippen LogP contribution in [0.1, 0.15) is 24.2 Å². The molecule has 1 atom stereocenters. The molecule has 5 heteroatoms. The molecule has 0 amide bonds. The minimum Gasteiger partial charge on any atom is -0.312 e. The van der Waals surface area contributed by atoms with Crippen LogP contribution >= 0.6 is 11.8 Å². The van der Waals surface area contributed by atoms with Crippen molar-refractivity contribution >= 4 is 11.8 Å². The average molecular weight is 248 g/mol. The fraction of sp³-hybridized carbons (Fsp3) is 0.583. The third kappa shape index (κ3) is 2.96. The Morgan fingerprint density at radius 3 is 2.53 bits per heavy atom. The summed E-state index contributed by atoms with van der Waals surface area (Å²) in [6.45, 7) is 3.89. The molecule has 0 aromatic carbocycles. The monoisotopic (exact) mass is 248 g/mol. The largest absolute Gasteiger partial charge is 0.312 e. The highest BCUT2D eigenvalue weighted by atomic mass is 32.2. The van der Waals surface area contributed by atoms with E-state index in [1.54, 1.807) is 0 Å². The van der Waals surface area contributed by atoms with Gasteiger partial charge < -0.3 is 5.73 Å². The first kappa shape index (κ1) is 12.3. The molecule has 0 radical (unpaired) electrons. The number of aromatic nitrogens is 2. The second kappa shape index (κ2) is 4.63. The normalized spacial score (nSPS) is 18.5. The smallest absolute Gasteiger partial charge is 0.188 e. The van der Waals surface area contributed by atoms with Gasteiger partial charge in [0.05, 0.1) is 6.07 Å². The van der Waals surface area contributed by atoms with E-state index in [9.17, 15) is 0 Å². The molecule has 0 spiro atoms. The van der Waals surface area contributed by atoms with Gasteiger partial charge in [-0.05, 0) is 38.7 Å². The molecule has 2 rings (SSSR count). The van der Waals surface area contributed by atoms with E-state index in [1.165, 1.54) is 11.8 Å². The number of thioether (sulfide) groups is 1. The average Bonchev–Trinajstić information content (AvgIpc) is 3.08. The Labute approximate surface area is 106 Å². The zero-order valence-electron chi connectivity index (χ0n) is 10.1. The predicted molar refractivity (Wildman–Crippen MR) is 67.5 cm³/mol. The van der Waals surface area contributed by atoms with Gasteiger partial charge in [0, 0.05) is 17.1 Å². The number of nitrogens with zero attached hydrogens (tertiary/aromatic N) is 3.